The summed E-state index contributed by atoms with van der Waals surface area (Å²) < 4.78 is 6.36. The Labute approximate surface area is 212 Å². The van der Waals surface area contributed by atoms with Gasteiger partial charge in [-0.25, -0.2) is 9.97 Å². The number of morpholine rings is 1. The molecule has 36 heavy (non-hydrogen) atoms. The second-order valence-corrected chi connectivity index (χ2v) is 9.95. The third-order valence-corrected chi connectivity index (χ3v) is 7.64. The molecule has 0 unspecified atom stereocenters. The van der Waals surface area contributed by atoms with Crippen LogP contribution in [0.25, 0.3) is 21.0 Å². The van der Waals surface area contributed by atoms with E-state index in [-0.39, 0.29) is 11.8 Å². The fourth-order valence-electron chi connectivity index (χ4n) is 4.57. The number of thiophene rings is 1. The molecule has 4 heterocycles. The Balaban J connectivity index is 1.23. The smallest absolute Gasteiger partial charge is 0.264 e. The zero-order chi connectivity index (χ0) is 24.5. The highest BCUT2D eigenvalue weighted by atomic mass is 32.1. The van der Waals surface area contributed by atoms with E-state index in [0.717, 1.165) is 57.7 Å². The molecule has 0 aliphatic carbocycles. The van der Waals surface area contributed by atoms with Crippen molar-refractivity contribution in [2.45, 2.75) is 0 Å². The first kappa shape index (κ1) is 22.8. The highest BCUT2D eigenvalue weighted by Crippen LogP contribution is 2.32. The highest BCUT2D eigenvalue weighted by Gasteiger charge is 2.21. The first-order valence-corrected chi connectivity index (χ1v) is 12.9. The number of fused-ring (bicyclic) bond motifs is 3. The van der Waals surface area contributed by atoms with Crippen molar-refractivity contribution in [1.29, 1.82) is 0 Å². The van der Waals surface area contributed by atoms with Crippen molar-refractivity contribution in [2.24, 2.45) is 0 Å². The second-order valence-electron chi connectivity index (χ2n) is 8.87. The van der Waals surface area contributed by atoms with Gasteiger partial charge in [0.1, 0.15) is 0 Å². The van der Waals surface area contributed by atoms with Gasteiger partial charge in [-0.05, 0) is 42.5 Å². The lowest BCUT2D eigenvalue weighted by molar-refractivity contribution is 0.0303. The maximum Gasteiger partial charge on any atom is 0.264 e. The van der Waals surface area contributed by atoms with Crippen molar-refractivity contribution in [3.05, 3.63) is 59.1 Å². The first-order valence-electron chi connectivity index (χ1n) is 12.1. The molecule has 184 valence electrons. The van der Waals surface area contributed by atoms with Crippen LogP contribution in [0.15, 0.2) is 48.7 Å². The van der Waals surface area contributed by atoms with E-state index in [9.17, 15) is 9.59 Å². The lowest BCUT2D eigenvalue weighted by Gasteiger charge is -2.26. The number of aromatic nitrogens is 2. The number of ether oxygens (including phenoxy) is 1. The molecule has 6 rings (SSSR count). The molecule has 2 N–H and O–H groups in total. The molecule has 2 fully saturated rings. The maximum atomic E-state index is 13.0. The van der Waals surface area contributed by atoms with E-state index in [1.807, 2.05) is 52.3 Å². The largest absolute Gasteiger partial charge is 0.378 e. The summed E-state index contributed by atoms with van der Waals surface area (Å²) in [5.41, 5.74) is 2.24. The molecule has 0 bridgehead atoms. The van der Waals surface area contributed by atoms with Crippen molar-refractivity contribution in [1.82, 2.24) is 25.1 Å². The number of hydrogen-bond acceptors (Lipinski definition) is 8. The number of carbonyl (C=O) groups is 2. The fourth-order valence-corrected chi connectivity index (χ4v) is 5.60. The molecule has 0 saturated carbocycles. The molecule has 0 atom stereocenters. The Bertz CT molecular complexity index is 1430. The van der Waals surface area contributed by atoms with Crippen LogP contribution < -0.4 is 10.6 Å². The van der Waals surface area contributed by atoms with Crippen LogP contribution in [-0.2, 0) is 4.74 Å². The summed E-state index contributed by atoms with van der Waals surface area (Å²) >= 11 is 1.50. The Kier molecular flexibility index (Phi) is 6.22. The molecule has 2 aromatic carbocycles. The second kappa shape index (κ2) is 9.81. The van der Waals surface area contributed by atoms with Crippen molar-refractivity contribution >= 4 is 55.8 Å². The summed E-state index contributed by atoms with van der Waals surface area (Å²) in [6.07, 6.45) is 1.79. The number of benzene rings is 2. The Hall–Kier alpha value is -3.60. The SMILES string of the molecule is O=C(c1ccc(Nc2ncc3ccc4sc(C(=O)N5CCNCC5)cc4c3n2)cc1)N1CCOCC1. The van der Waals surface area contributed by atoms with Crippen LogP contribution in [0.5, 0.6) is 0 Å². The number of amides is 2. The van der Waals surface area contributed by atoms with E-state index in [0.29, 0.717) is 37.8 Å². The summed E-state index contributed by atoms with van der Waals surface area (Å²) in [6, 6.07) is 13.3. The van der Waals surface area contributed by atoms with Crippen LogP contribution in [0.1, 0.15) is 20.0 Å². The third kappa shape index (κ3) is 4.50. The van der Waals surface area contributed by atoms with Crippen molar-refractivity contribution in [3.8, 4) is 0 Å². The lowest BCUT2D eigenvalue weighted by atomic mass is 10.1. The van der Waals surface area contributed by atoms with Gasteiger partial charge in [-0.15, -0.1) is 11.3 Å². The quantitative estimate of drug-likeness (QED) is 0.442. The van der Waals surface area contributed by atoms with Gasteiger partial charge in [0.15, 0.2) is 0 Å². The summed E-state index contributed by atoms with van der Waals surface area (Å²) in [7, 11) is 0. The molecule has 9 nitrogen and oxygen atoms in total. The monoisotopic (exact) mass is 502 g/mol. The van der Waals surface area contributed by atoms with Gasteiger partial charge < -0.3 is 25.2 Å². The van der Waals surface area contributed by atoms with E-state index >= 15 is 0 Å². The molecular weight excluding hydrogens is 476 g/mol. The summed E-state index contributed by atoms with van der Waals surface area (Å²) in [4.78, 5) is 39.4. The van der Waals surface area contributed by atoms with Gasteiger partial charge in [-0.3, -0.25) is 9.59 Å². The Morgan fingerprint density at radius 3 is 2.47 bits per heavy atom. The topological polar surface area (TPSA) is 99.7 Å². The molecular formula is C26H26N6O3S. The molecule has 0 spiro atoms. The van der Waals surface area contributed by atoms with Crippen LogP contribution in [0.4, 0.5) is 11.6 Å². The number of anilines is 2. The number of carbonyl (C=O) groups excluding carboxylic acids is 2. The van der Waals surface area contributed by atoms with E-state index in [1.54, 1.807) is 6.20 Å². The zero-order valence-corrected chi connectivity index (χ0v) is 20.5. The highest BCUT2D eigenvalue weighted by molar-refractivity contribution is 7.21. The fraction of sp³-hybridized carbons (Fsp3) is 0.308. The predicted molar refractivity (Wildman–Crippen MR) is 140 cm³/mol. The number of rotatable bonds is 4. The van der Waals surface area contributed by atoms with E-state index < -0.39 is 0 Å². The van der Waals surface area contributed by atoms with E-state index in [1.165, 1.54) is 11.3 Å². The predicted octanol–water partition coefficient (Wildman–Crippen LogP) is 3.11. The van der Waals surface area contributed by atoms with Gasteiger partial charge in [-0.2, -0.15) is 0 Å². The van der Waals surface area contributed by atoms with Crippen LogP contribution in [0.3, 0.4) is 0 Å². The molecule has 0 radical (unpaired) electrons. The molecule has 2 saturated heterocycles. The Morgan fingerprint density at radius 2 is 1.69 bits per heavy atom. The average molecular weight is 503 g/mol. The summed E-state index contributed by atoms with van der Waals surface area (Å²) in [5.74, 6) is 0.547. The molecule has 10 heteroatoms. The zero-order valence-electron chi connectivity index (χ0n) is 19.7. The van der Waals surface area contributed by atoms with Crippen molar-refractivity contribution in [3.63, 3.8) is 0 Å². The van der Waals surface area contributed by atoms with Crippen molar-refractivity contribution < 1.29 is 14.3 Å². The summed E-state index contributed by atoms with van der Waals surface area (Å²) in [6.45, 7) is 5.48. The number of piperazine rings is 1. The normalized spacial score (nSPS) is 16.4. The minimum absolute atomic E-state index is 0.0119. The molecule has 2 aliphatic rings. The van der Waals surface area contributed by atoms with Gasteiger partial charge >= 0.3 is 0 Å². The van der Waals surface area contributed by atoms with E-state index in [2.05, 4.69) is 15.6 Å². The van der Waals surface area contributed by atoms with Crippen LogP contribution in [0.2, 0.25) is 0 Å². The average Bonchev–Trinajstić information content (AvgIpc) is 3.39. The van der Waals surface area contributed by atoms with Crippen LogP contribution >= 0.6 is 11.3 Å². The summed E-state index contributed by atoms with van der Waals surface area (Å²) in [5, 5.41) is 8.39. The standard InChI is InChI=1S/C26H26N6O3S/c33-24(32-11-13-35-14-12-32)17-1-4-19(5-2-17)29-26-28-16-18-3-6-21-20(23(18)30-26)15-22(36-21)25(34)31-9-7-27-8-10-31/h1-6,15-16,27H,7-14H2,(H,28,29,30). The van der Waals surface area contributed by atoms with Gasteiger partial charge in [0.05, 0.1) is 23.6 Å². The maximum absolute atomic E-state index is 13.0. The van der Waals surface area contributed by atoms with Crippen LogP contribution in [0, 0.1) is 0 Å². The van der Waals surface area contributed by atoms with Crippen molar-refractivity contribution in [2.75, 3.05) is 57.8 Å². The van der Waals surface area contributed by atoms with E-state index in [4.69, 9.17) is 9.72 Å². The molecule has 4 aromatic rings. The Morgan fingerprint density at radius 1 is 0.944 bits per heavy atom. The van der Waals surface area contributed by atoms with Gasteiger partial charge in [-0.1, -0.05) is 0 Å². The number of nitrogens with one attached hydrogen (secondary N) is 2. The minimum atomic E-state index is 0.0119. The molecule has 2 aromatic heterocycles. The third-order valence-electron chi connectivity index (χ3n) is 6.55. The first-order chi connectivity index (χ1) is 17.7. The minimum Gasteiger partial charge on any atom is -0.378 e. The van der Waals surface area contributed by atoms with Gasteiger partial charge in [0, 0.05) is 72.2 Å². The number of nitrogens with zero attached hydrogens (tertiary/aromatic N) is 4. The number of hydrogen-bond donors (Lipinski definition) is 2. The molecule has 2 aliphatic heterocycles. The molecule has 2 amide bonds. The van der Waals surface area contributed by atoms with Gasteiger partial charge in [0.2, 0.25) is 5.95 Å². The van der Waals surface area contributed by atoms with Crippen LogP contribution in [-0.4, -0.2) is 84.1 Å². The lowest BCUT2D eigenvalue weighted by Crippen LogP contribution is -2.46. The van der Waals surface area contributed by atoms with Gasteiger partial charge in [0.25, 0.3) is 11.8 Å².